The van der Waals surface area contributed by atoms with Gasteiger partial charge in [-0.15, -0.1) is 0 Å². The number of likely N-dealkylation sites (tertiary alicyclic amines) is 4. The Labute approximate surface area is 462 Å². The number of rotatable bonds is 14. The number of nitrogens with zero attached hydrogens (tertiary/aromatic N) is 4. The van der Waals surface area contributed by atoms with Gasteiger partial charge in [-0.1, -0.05) is 80.4 Å². The molecule has 4 fully saturated rings. The third-order valence-electron chi connectivity index (χ3n) is 21.7. The van der Waals surface area contributed by atoms with E-state index in [-0.39, 0.29) is 80.2 Å². The Bertz CT molecular complexity index is 1900. The molecule has 0 radical (unpaired) electrons. The largest absolute Gasteiger partial charge is 0.507 e. The van der Waals surface area contributed by atoms with Crippen molar-refractivity contribution in [2.75, 3.05) is 28.2 Å². The molecule has 1 aromatic rings. The molecule has 0 aromatic heterocycles. The van der Waals surface area contributed by atoms with Crippen LogP contribution in [0.2, 0.25) is 0 Å². The summed E-state index contributed by atoms with van der Waals surface area (Å²) in [5.41, 5.74) is -1.44. The maximum Gasteiger partial charge on any atom is 0.321 e. The molecule has 4 saturated heterocycles. The molecule has 0 aliphatic carbocycles. The lowest BCUT2D eigenvalue weighted by atomic mass is 9.57. The summed E-state index contributed by atoms with van der Waals surface area (Å²) in [7, 11) is 9.03. The zero-order valence-electron chi connectivity index (χ0n) is 54.1. The highest BCUT2D eigenvalue weighted by Crippen LogP contribution is 2.58. The Morgan fingerprint density at radius 3 is 0.880 bits per heavy atom. The summed E-state index contributed by atoms with van der Waals surface area (Å²) >= 11 is 0. The van der Waals surface area contributed by atoms with Gasteiger partial charge in [0.25, 0.3) is 0 Å². The molecule has 0 saturated carbocycles. The molecule has 0 amide bonds. The smallest absolute Gasteiger partial charge is 0.321 e. The highest BCUT2D eigenvalue weighted by molar-refractivity contribution is 5.95. The lowest BCUT2D eigenvalue weighted by Gasteiger charge is -2.62. The predicted molar refractivity (Wildman–Crippen MR) is 315 cm³/mol. The summed E-state index contributed by atoms with van der Waals surface area (Å²) in [6.07, 6.45) is 10.2. The first-order chi connectivity index (χ1) is 33.6. The fraction of sp³-hybridized carbons (Fsp3) is 0.879. The Hall–Kier alpha value is -2.20. The van der Waals surface area contributed by atoms with Crippen molar-refractivity contribution in [3.63, 3.8) is 0 Å². The lowest BCUT2D eigenvalue weighted by molar-refractivity contribution is -0.220. The van der Waals surface area contributed by atoms with E-state index >= 15 is 9.59 Å². The number of esters is 2. The molecule has 9 heteroatoms. The van der Waals surface area contributed by atoms with Crippen LogP contribution in [0.15, 0.2) is 12.1 Å². The molecule has 0 bridgehead atoms. The Morgan fingerprint density at radius 2 is 0.693 bits per heavy atom. The molecule has 75 heavy (non-hydrogen) atoms. The number of hydrogen-bond acceptors (Lipinski definition) is 9. The fourth-order valence-electron chi connectivity index (χ4n) is 16.5. The van der Waals surface area contributed by atoms with Crippen LogP contribution >= 0.6 is 0 Å². The summed E-state index contributed by atoms with van der Waals surface area (Å²) in [6, 6.07) is 4.12. The number of benzene rings is 1. The zero-order chi connectivity index (χ0) is 57.7. The van der Waals surface area contributed by atoms with E-state index in [2.05, 4.69) is 226 Å². The molecule has 4 aliphatic rings. The molecular weight excluding hydrogens is 929 g/mol. The van der Waals surface area contributed by atoms with Crippen LogP contribution < -0.4 is 0 Å². The van der Waals surface area contributed by atoms with E-state index in [0.29, 0.717) is 12.8 Å². The van der Waals surface area contributed by atoms with E-state index in [1.807, 2.05) is 0 Å². The fourth-order valence-corrected chi connectivity index (χ4v) is 16.5. The molecule has 1 aromatic carbocycles. The van der Waals surface area contributed by atoms with Crippen molar-refractivity contribution in [3.8, 4) is 5.75 Å². The van der Waals surface area contributed by atoms with Gasteiger partial charge in [-0.2, -0.15) is 0 Å². The number of piperidine rings is 4. The van der Waals surface area contributed by atoms with E-state index in [0.717, 1.165) is 80.9 Å². The molecule has 5 rings (SSSR count). The van der Waals surface area contributed by atoms with Crippen molar-refractivity contribution in [2.24, 2.45) is 29.6 Å². The minimum atomic E-state index is -1.25. The molecule has 0 atom stereocenters. The van der Waals surface area contributed by atoms with Crippen molar-refractivity contribution >= 4 is 11.9 Å². The SMILES string of the molecule is CCCC(OC(=O)C(Cc1cc(C(C)(C)C)c(O)c(C(C)(C)C)c1)C(=O)OC(CCC)(C1CC(C)(C)N(C)C(C)(C)C1)C1CC(C)(C)N(C)C(C)(C)C1)(C1CC(C)(C)N(C)C(C)(C)C1)C1CC(C)(C)N(C)C(C)(C)C1. The summed E-state index contributed by atoms with van der Waals surface area (Å²) < 4.78 is 15.5. The Morgan fingerprint density at radius 1 is 0.480 bits per heavy atom. The average Bonchev–Trinajstić information content (AvgIpc) is 3.22. The second-order valence-electron chi connectivity index (χ2n) is 32.7. The third kappa shape index (κ3) is 12.4. The molecular formula is C66H118N4O5. The van der Waals surface area contributed by atoms with Gasteiger partial charge < -0.3 is 14.6 Å². The van der Waals surface area contributed by atoms with Crippen molar-refractivity contribution in [1.29, 1.82) is 0 Å². The first kappa shape index (κ1) is 63.6. The minimum absolute atomic E-state index is 0.0412. The van der Waals surface area contributed by atoms with E-state index in [9.17, 15) is 5.11 Å². The highest BCUT2D eigenvalue weighted by Gasteiger charge is 2.62. The number of aromatic hydroxyl groups is 1. The first-order valence-electron chi connectivity index (χ1n) is 29.9. The van der Waals surface area contributed by atoms with E-state index in [1.54, 1.807) is 0 Å². The van der Waals surface area contributed by atoms with Crippen LogP contribution in [-0.2, 0) is 36.3 Å². The monoisotopic (exact) mass is 1050 g/mol. The van der Waals surface area contributed by atoms with Crippen LogP contribution in [-0.4, -0.2) is 120 Å². The van der Waals surface area contributed by atoms with Crippen molar-refractivity contribution in [2.45, 2.75) is 316 Å². The number of carbonyl (C=O) groups is 2. The maximum atomic E-state index is 16.7. The second kappa shape index (κ2) is 20.7. The molecule has 0 unspecified atom stereocenters. The van der Waals surface area contributed by atoms with E-state index in [1.165, 1.54) is 0 Å². The van der Waals surface area contributed by atoms with Gasteiger partial charge in [0, 0.05) is 68.0 Å². The molecule has 9 nitrogen and oxygen atoms in total. The van der Waals surface area contributed by atoms with E-state index in [4.69, 9.17) is 9.47 Å². The van der Waals surface area contributed by atoms with Crippen LogP contribution in [0.4, 0.5) is 0 Å². The van der Waals surface area contributed by atoms with Crippen molar-refractivity contribution in [1.82, 2.24) is 19.6 Å². The maximum absolute atomic E-state index is 16.7. The Balaban J connectivity index is 1.84. The molecule has 1 N–H and O–H groups in total. The van der Waals surface area contributed by atoms with Gasteiger partial charge in [-0.25, -0.2) is 0 Å². The minimum Gasteiger partial charge on any atom is -0.507 e. The number of phenols is 1. The topological polar surface area (TPSA) is 85.8 Å². The third-order valence-corrected chi connectivity index (χ3v) is 21.7. The van der Waals surface area contributed by atoms with Crippen molar-refractivity contribution in [3.05, 3.63) is 28.8 Å². The van der Waals surface area contributed by atoms with E-state index < -0.39 is 39.9 Å². The second-order valence-corrected chi connectivity index (χ2v) is 32.7. The van der Waals surface area contributed by atoms with Crippen LogP contribution in [0.1, 0.15) is 260 Å². The normalized spacial score (nSPS) is 25.3. The van der Waals surface area contributed by atoms with Crippen LogP contribution in [0.3, 0.4) is 0 Å². The highest BCUT2D eigenvalue weighted by atomic mass is 16.6. The summed E-state index contributed by atoms with van der Waals surface area (Å²) in [6.45, 7) is 55.0. The summed E-state index contributed by atoms with van der Waals surface area (Å²) in [5.74, 6) is -1.72. The molecule has 4 heterocycles. The van der Waals surface area contributed by atoms with Crippen LogP contribution in [0, 0.1) is 29.6 Å². The van der Waals surface area contributed by atoms with Gasteiger partial charge in [-0.3, -0.25) is 29.2 Å². The van der Waals surface area contributed by atoms with Gasteiger partial charge in [0.2, 0.25) is 0 Å². The van der Waals surface area contributed by atoms with Gasteiger partial charge in [0.1, 0.15) is 17.0 Å². The predicted octanol–water partition coefficient (Wildman–Crippen LogP) is 14.9. The lowest BCUT2D eigenvalue weighted by Crippen LogP contribution is -2.68. The average molecular weight is 1050 g/mol. The molecule has 4 aliphatic heterocycles. The van der Waals surface area contributed by atoms with Gasteiger partial charge in [-0.05, 0) is 237 Å². The molecule has 0 spiro atoms. The number of carbonyl (C=O) groups excluding carboxylic acids is 2. The standard InChI is InChI=1S/C66H118N4O5/c1-29-31-65(45-36-57(9,10)67(25)58(11,12)37-45,46-38-59(13,14)68(26)60(15,16)39-46)74-53(72)49(33-44-34-50(55(3,4)5)52(71)51(35-44)56(6,7)8)54(73)75-66(32-30-2,47-40-61(17,18)69(27)62(19,20)41-47)48-42-63(21,22)70(28)64(23,24)43-48/h34-35,45-49,71H,29-33,36-43H2,1-28H3. The van der Waals surface area contributed by atoms with Crippen LogP contribution in [0.5, 0.6) is 5.75 Å². The van der Waals surface area contributed by atoms with Crippen LogP contribution in [0.25, 0.3) is 0 Å². The quantitative estimate of drug-likeness (QED) is 0.145. The van der Waals surface area contributed by atoms with Gasteiger partial charge >= 0.3 is 11.9 Å². The number of ether oxygens (including phenoxy) is 2. The van der Waals surface area contributed by atoms with Gasteiger partial charge in [0.15, 0.2) is 5.92 Å². The number of hydrogen-bond donors (Lipinski definition) is 1. The first-order valence-corrected chi connectivity index (χ1v) is 29.9. The zero-order valence-corrected chi connectivity index (χ0v) is 54.1. The summed E-state index contributed by atoms with van der Waals surface area (Å²) in [4.78, 5) is 43.5. The Kier molecular flexibility index (Phi) is 17.6. The van der Waals surface area contributed by atoms with Gasteiger partial charge in [0.05, 0.1) is 0 Å². The summed E-state index contributed by atoms with van der Waals surface area (Å²) in [5, 5.41) is 12.1. The number of phenolic OH excluding ortho intramolecular Hbond substituents is 1. The molecule has 432 valence electrons. The van der Waals surface area contributed by atoms with Crippen molar-refractivity contribution < 1.29 is 24.2 Å².